The summed E-state index contributed by atoms with van der Waals surface area (Å²) in [5.41, 5.74) is 0.873. The molecule has 4 nitrogen and oxygen atoms in total. The molecule has 1 saturated carbocycles. The van der Waals surface area contributed by atoms with Gasteiger partial charge in [0.05, 0.1) is 12.2 Å². The Kier molecular flexibility index (Phi) is 7.66. The van der Waals surface area contributed by atoms with E-state index < -0.39 is 0 Å². The molecule has 1 fully saturated rings. The molecule has 2 N–H and O–H groups in total. The molecule has 2 rings (SSSR count). The number of para-hydroxylation sites is 1. The summed E-state index contributed by atoms with van der Waals surface area (Å²) in [6.45, 7) is 11.7. The Morgan fingerprint density at radius 2 is 1.81 bits per heavy atom. The standard InChI is InChI=1S/C22H34N2O2S/c1-15(2)14-26-19-9-7-6-8-18(19)20(25)24-21(27)23-17-12-10-16(11-13-17)22(3,4)5/h6-9,15-17H,10-14H2,1-5H3,(H2,23,24,25,27). The van der Waals surface area contributed by atoms with Crippen LogP contribution in [0, 0.1) is 17.3 Å². The van der Waals surface area contributed by atoms with Gasteiger partial charge < -0.3 is 10.1 Å². The molecule has 0 spiro atoms. The van der Waals surface area contributed by atoms with E-state index in [1.807, 2.05) is 18.2 Å². The van der Waals surface area contributed by atoms with Crippen LogP contribution in [0.5, 0.6) is 5.75 Å². The topological polar surface area (TPSA) is 50.4 Å². The molecular weight excluding hydrogens is 356 g/mol. The van der Waals surface area contributed by atoms with Gasteiger partial charge in [-0.05, 0) is 67.3 Å². The molecule has 1 aromatic rings. The third-order valence-electron chi connectivity index (χ3n) is 5.22. The van der Waals surface area contributed by atoms with E-state index in [1.54, 1.807) is 6.07 Å². The highest BCUT2D eigenvalue weighted by Crippen LogP contribution is 2.37. The smallest absolute Gasteiger partial charge is 0.261 e. The fourth-order valence-corrected chi connectivity index (χ4v) is 3.79. The van der Waals surface area contributed by atoms with Crippen molar-refractivity contribution in [3.05, 3.63) is 29.8 Å². The highest BCUT2D eigenvalue weighted by atomic mass is 32.1. The van der Waals surface area contributed by atoms with Gasteiger partial charge in [0.1, 0.15) is 5.75 Å². The molecule has 1 aliphatic carbocycles. The molecule has 0 heterocycles. The maximum atomic E-state index is 12.6. The van der Waals surface area contributed by atoms with Crippen LogP contribution in [0.1, 0.15) is 70.7 Å². The molecule has 5 heteroatoms. The van der Waals surface area contributed by atoms with Crippen molar-refractivity contribution in [2.45, 2.75) is 66.3 Å². The lowest BCUT2D eigenvalue weighted by molar-refractivity contribution is 0.0971. The Labute approximate surface area is 169 Å². The summed E-state index contributed by atoms with van der Waals surface area (Å²) in [4.78, 5) is 12.6. The highest BCUT2D eigenvalue weighted by Gasteiger charge is 2.30. The summed E-state index contributed by atoms with van der Waals surface area (Å²) in [7, 11) is 0. The third kappa shape index (κ3) is 6.80. The predicted molar refractivity (Wildman–Crippen MR) is 115 cm³/mol. The average molecular weight is 391 g/mol. The molecule has 1 aliphatic rings. The van der Waals surface area contributed by atoms with E-state index in [0.717, 1.165) is 18.8 Å². The molecule has 0 bridgehead atoms. The van der Waals surface area contributed by atoms with Crippen molar-refractivity contribution < 1.29 is 9.53 Å². The maximum absolute atomic E-state index is 12.6. The first-order valence-corrected chi connectivity index (χ1v) is 10.4. The second-order valence-electron chi connectivity index (χ2n) is 9.04. The van der Waals surface area contributed by atoms with Crippen molar-refractivity contribution >= 4 is 23.2 Å². The zero-order valence-electron chi connectivity index (χ0n) is 17.3. The van der Waals surface area contributed by atoms with E-state index in [0.29, 0.717) is 40.4 Å². The molecule has 0 saturated heterocycles. The SMILES string of the molecule is CC(C)COc1ccccc1C(=O)NC(=S)NC1CCC(C(C)(C)C)CC1. The average Bonchev–Trinajstić information content (AvgIpc) is 2.59. The summed E-state index contributed by atoms with van der Waals surface area (Å²) in [6.07, 6.45) is 4.57. The lowest BCUT2D eigenvalue weighted by atomic mass is 9.71. The van der Waals surface area contributed by atoms with Gasteiger partial charge in [0, 0.05) is 6.04 Å². The van der Waals surface area contributed by atoms with Gasteiger partial charge in [-0.25, -0.2) is 0 Å². The zero-order chi connectivity index (χ0) is 20.0. The fourth-order valence-electron chi connectivity index (χ4n) is 3.53. The molecule has 0 aliphatic heterocycles. The van der Waals surface area contributed by atoms with Gasteiger partial charge in [0.25, 0.3) is 5.91 Å². The Morgan fingerprint density at radius 3 is 2.41 bits per heavy atom. The van der Waals surface area contributed by atoms with Crippen LogP contribution >= 0.6 is 12.2 Å². The molecule has 150 valence electrons. The first kappa shape index (κ1) is 21.7. The number of benzene rings is 1. The summed E-state index contributed by atoms with van der Waals surface area (Å²) >= 11 is 5.38. The van der Waals surface area contributed by atoms with E-state index in [4.69, 9.17) is 17.0 Å². The number of thiocarbonyl (C=S) groups is 1. The normalized spacial score (nSPS) is 20.2. The van der Waals surface area contributed by atoms with Crippen molar-refractivity contribution in [3.8, 4) is 5.75 Å². The van der Waals surface area contributed by atoms with Crippen molar-refractivity contribution in [2.24, 2.45) is 17.3 Å². The maximum Gasteiger partial charge on any atom is 0.261 e. The van der Waals surface area contributed by atoms with Gasteiger partial charge >= 0.3 is 0 Å². The van der Waals surface area contributed by atoms with Gasteiger partial charge in [0.15, 0.2) is 5.11 Å². The summed E-state index contributed by atoms with van der Waals surface area (Å²) < 4.78 is 5.77. The van der Waals surface area contributed by atoms with Crippen LogP contribution in [0.15, 0.2) is 24.3 Å². The third-order valence-corrected chi connectivity index (χ3v) is 5.44. The molecule has 0 aromatic heterocycles. The van der Waals surface area contributed by atoms with Gasteiger partial charge in [-0.2, -0.15) is 0 Å². The van der Waals surface area contributed by atoms with Crippen molar-refractivity contribution in [1.29, 1.82) is 0 Å². The van der Waals surface area contributed by atoms with Gasteiger partial charge in [0.2, 0.25) is 0 Å². The van der Waals surface area contributed by atoms with Crippen LogP contribution < -0.4 is 15.4 Å². The van der Waals surface area contributed by atoms with E-state index in [9.17, 15) is 4.79 Å². The first-order valence-electron chi connectivity index (χ1n) is 10.0. The minimum Gasteiger partial charge on any atom is -0.492 e. The van der Waals surface area contributed by atoms with Crippen molar-refractivity contribution in [3.63, 3.8) is 0 Å². The van der Waals surface area contributed by atoms with Gasteiger partial charge in [-0.1, -0.05) is 46.8 Å². The van der Waals surface area contributed by atoms with Crippen LogP contribution in [0.4, 0.5) is 0 Å². The predicted octanol–water partition coefficient (Wildman–Crippen LogP) is 4.93. The number of hydrogen-bond acceptors (Lipinski definition) is 3. The number of rotatable bonds is 5. The minimum atomic E-state index is -0.227. The molecule has 0 unspecified atom stereocenters. The van der Waals surface area contributed by atoms with E-state index >= 15 is 0 Å². The summed E-state index contributed by atoms with van der Waals surface area (Å²) in [5.74, 6) is 1.52. The van der Waals surface area contributed by atoms with Crippen molar-refractivity contribution in [1.82, 2.24) is 10.6 Å². The molecule has 0 atom stereocenters. The monoisotopic (exact) mass is 390 g/mol. The Bertz CT molecular complexity index is 644. The fraction of sp³-hybridized carbons (Fsp3) is 0.636. The van der Waals surface area contributed by atoms with Crippen LogP contribution in [0.25, 0.3) is 0 Å². The van der Waals surface area contributed by atoms with Crippen LogP contribution in [0.2, 0.25) is 0 Å². The number of carbonyl (C=O) groups is 1. The zero-order valence-corrected chi connectivity index (χ0v) is 18.1. The molecule has 1 aromatic carbocycles. The van der Waals surface area contributed by atoms with E-state index in [-0.39, 0.29) is 5.91 Å². The number of nitrogens with one attached hydrogen (secondary N) is 2. The lowest BCUT2D eigenvalue weighted by Gasteiger charge is -2.37. The molecular formula is C22H34N2O2S. The Morgan fingerprint density at radius 1 is 1.19 bits per heavy atom. The largest absolute Gasteiger partial charge is 0.492 e. The van der Waals surface area contributed by atoms with E-state index in [1.165, 1.54) is 12.8 Å². The van der Waals surface area contributed by atoms with Crippen LogP contribution in [0.3, 0.4) is 0 Å². The second kappa shape index (κ2) is 9.54. The number of ether oxygens (including phenoxy) is 1. The highest BCUT2D eigenvalue weighted by molar-refractivity contribution is 7.80. The lowest BCUT2D eigenvalue weighted by Crippen LogP contribution is -2.46. The van der Waals surface area contributed by atoms with Crippen LogP contribution in [-0.2, 0) is 0 Å². The minimum absolute atomic E-state index is 0.227. The van der Waals surface area contributed by atoms with E-state index in [2.05, 4.69) is 45.3 Å². The molecule has 1 amide bonds. The second-order valence-corrected chi connectivity index (χ2v) is 9.45. The number of hydrogen-bond donors (Lipinski definition) is 2. The number of amides is 1. The van der Waals surface area contributed by atoms with Gasteiger partial charge in [-0.15, -0.1) is 0 Å². The molecule has 27 heavy (non-hydrogen) atoms. The first-order chi connectivity index (χ1) is 12.7. The molecule has 0 radical (unpaired) electrons. The van der Waals surface area contributed by atoms with Gasteiger partial charge in [-0.3, -0.25) is 10.1 Å². The Hall–Kier alpha value is -1.62. The van der Waals surface area contributed by atoms with Crippen molar-refractivity contribution in [2.75, 3.05) is 6.61 Å². The summed E-state index contributed by atoms with van der Waals surface area (Å²) in [6, 6.07) is 7.63. The quantitative estimate of drug-likeness (QED) is 0.700. The summed E-state index contributed by atoms with van der Waals surface area (Å²) in [5, 5.41) is 6.54. The number of carbonyl (C=O) groups excluding carboxylic acids is 1. The van der Waals surface area contributed by atoms with Crippen LogP contribution in [-0.4, -0.2) is 23.7 Å². The Balaban J connectivity index is 1.87.